The molecule has 5 heteroatoms. The number of carbonyl (C=O) groups excluding carboxylic acids is 2. The normalized spacial score (nSPS) is 11.4. The molecule has 0 fully saturated rings. The van der Waals surface area contributed by atoms with Crippen LogP contribution in [0.3, 0.4) is 0 Å². The van der Waals surface area contributed by atoms with E-state index >= 15 is 0 Å². The first-order valence-corrected chi connectivity index (χ1v) is 9.49. The predicted octanol–water partition coefficient (Wildman–Crippen LogP) is 6.24. The summed E-state index contributed by atoms with van der Waals surface area (Å²) in [6.45, 7) is 10.6. The van der Waals surface area contributed by atoms with Crippen LogP contribution in [0.4, 0.5) is 14.9 Å². The average Bonchev–Trinajstić information content (AvgIpc) is 2.59. The maximum Gasteiger partial charge on any atom is 0.412 e. The van der Waals surface area contributed by atoms with Crippen LogP contribution in [0.15, 0.2) is 36.4 Å². The van der Waals surface area contributed by atoms with Gasteiger partial charge in [0.1, 0.15) is 11.4 Å². The maximum absolute atomic E-state index is 15.0. The zero-order valence-electron chi connectivity index (χ0n) is 17.4. The highest BCUT2D eigenvalue weighted by Crippen LogP contribution is 2.31. The standard InChI is InChI=1S/C23H28FNO3/c1-7-15-9-8-10-16(11-15)17-12-18(24)20(21(26)14(2)3)19(13-17)25-22(27)28-23(4,5)6/h8-14H,7H2,1-6H3,(H,25,27). The average molecular weight is 385 g/mol. The number of hydrogen-bond acceptors (Lipinski definition) is 3. The minimum Gasteiger partial charge on any atom is -0.444 e. The Morgan fingerprint density at radius 1 is 1.11 bits per heavy atom. The van der Waals surface area contributed by atoms with E-state index in [-0.39, 0.29) is 17.0 Å². The SMILES string of the molecule is CCc1cccc(-c2cc(F)c(C(=O)C(C)C)c(NC(=O)OC(C)(C)C)c2)c1. The van der Waals surface area contributed by atoms with Gasteiger partial charge in [-0.2, -0.15) is 0 Å². The summed E-state index contributed by atoms with van der Waals surface area (Å²) >= 11 is 0. The van der Waals surface area contributed by atoms with Crippen molar-refractivity contribution in [2.75, 3.05) is 5.32 Å². The topological polar surface area (TPSA) is 55.4 Å². The Kier molecular flexibility index (Phi) is 6.60. The fraction of sp³-hybridized carbons (Fsp3) is 0.391. The van der Waals surface area contributed by atoms with E-state index in [1.807, 2.05) is 31.2 Å². The number of hydrogen-bond donors (Lipinski definition) is 1. The molecule has 1 N–H and O–H groups in total. The summed E-state index contributed by atoms with van der Waals surface area (Å²) in [7, 11) is 0. The molecule has 0 radical (unpaired) electrons. The van der Waals surface area contributed by atoms with E-state index in [9.17, 15) is 14.0 Å². The van der Waals surface area contributed by atoms with Crippen molar-refractivity contribution in [2.45, 2.75) is 53.6 Å². The van der Waals surface area contributed by atoms with Crippen molar-refractivity contribution >= 4 is 17.6 Å². The molecule has 0 aliphatic carbocycles. The van der Waals surface area contributed by atoms with Crippen LogP contribution in [-0.4, -0.2) is 17.5 Å². The van der Waals surface area contributed by atoms with Gasteiger partial charge in [-0.25, -0.2) is 9.18 Å². The monoisotopic (exact) mass is 385 g/mol. The molecule has 2 rings (SSSR count). The van der Waals surface area contributed by atoms with Crippen molar-refractivity contribution in [1.29, 1.82) is 0 Å². The molecule has 0 saturated carbocycles. The van der Waals surface area contributed by atoms with Crippen LogP contribution in [0.25, 0.3) is 11.1 Å². The highest BCUT2D eigenvalue weighted by molar-refractivity contribution is 6.05. The second kappa shape index (κ2) is 8.55. The van der Waals surface area contributed by atoms with Gasteiger partial charge in [0.2, 0.25) is 0 Å². The summed E-state index contributed by atoms with van der Waals surface area (Å²) in [5.74, 6) is -1.45. The van der Waals surface area contributed by atoms with E-state index in [0.29, 0.717) is 5.56 Å². The molecular formula is C23H28FNO3. The van der Waals surface area contributed by atoms with Crippen molar-refractivity contribution in [3.05, 3.63) is 53.3 Å². The predicted molar refractivity (Wildman–Crippen MR) is 110 cm³/mol. The van der Waals surface area contributed by atoms with Gasteiger partial charge >= 0.3 is 6.09 Å². The number of ether oxygens (including phenoxy) is 1. The number of halogens is 1. The summed E-state index contributed by atoms with van der Waals surface area (Å²) in [6.07, 6.45) is 0.118. The van der Waals surface area contributed by atoms with Gasteiger partial charge in [-0.15, -0.1) is 0 Å². The minimum atomic E-state index is -0.732. The van der Waals surface area contributed by atoms with E-state index in [0.717, 1.165) is 17.5 Å². The van der Waals surface area contributed by atoms with Crippen LogP contribution < -0.4 is 5.32 Å². The molecule has 0 aliphatic heterocycles. The number of aryl methyl sites for hydroxylation is 1. The Bertz CT molecular complexity index is 882. The van der Waals surface area contributed by atoms with Crippen LogP contribution in [-0.2, 0) is 11.2 Å². The van der Waals surface area contributed by atoms with Gasteiger partial charge in [-0.05, 0) is 56.0 Å². The van der Waals surface area contributed by atoms with Crippen LogP contribution in [0.5, 0.6) is 0 Å². The summed E-state index contributed by atoms with van der Waals surface area (Å²) in [6, 6.07) is 10.7. The fourth-order valence-electron chi connectivity index (χ4n) is 2.80. The van der Waals surface area contributed by atoms with Crippen molar-refractivity contribution in [1.82, 2.24) is 0 Å². The Morgan fingerprint density at radius 2 is 1.79 bits per heavy atom. The van der Waals surface area contributed by atoms with Crippen molar-refractivity contribution in [2.24, 2.45) is 5.92 Å². The number of benzene rings is 2. The molecule has 0 aromatic heterocycles. The molecule has 0 saturated heterocycles. The van der Waals surface area contributed by atoms with Gasteiger partial charge in [0.15, 0.2) is 5.78 Å². The molecular weight excluding hydrogens is 357 g/mol. The third-order valence-electron chi connectivity index (χ3n) is 4.17. The number of anilines is 1. The number of nitrogens with one attached hydrogen (secondary N) is 1. The molecule has 2 aromatic carbocycles. The molecule has 0 atom stereocenters. The lowest BCUT2D eigenvalue weighted by atomic mass is 9.94. The van der Waals surface area contributed by atoms with E-state index in [1.165, 1.54) is 6.07 Å². The van der Waals surface area contributed by atoms with Crippen molar-refractivity contribution in [3.63, 3.8) is 0 Å². The third kappa shape index (κ3) is 5.41. The number of ketones is 1. The highest BCUT2D eigenvalue weighted by Gasteiger charge is 2.24. The van der Waals surface area contributed by atoms with Crippen LogP contribution in [0, 0.1) is 11.7 Å². The first-order valence-electron chi connectivity index (χ1n) is 9.49. The van der Waals surface area contributed by atoms with Gasteiger partial charge < -0.3 is 4.74 Å². The summed E-state index contributed by atoms with van der Waals surface area (Å²) < 4.78 is 20.2. The number of amides is 1. The van der Waals surface area contributed by atoms with Gasteiger partial charge in [0.25, 0.3) is 0 Å². The summed E-state index contributed by atoms with van der Waals surface area (Å²) in [5.41, 5.74) is 1.79. The fourth-order valence-corrected chi connectivity index (χ4v) is 2.80. The Balaban J connectivity index is 2.55. The van der Waals surface area contributed by atoms with Gasteiger partial charge in [-0.3, -0.25) is 10.1 Å². The van der Waals surface area contributed by atoms with Crippen LogP contribution >= 0.6 is 0 Å². The summed E-state index contributed by atoms with van der Waals surface area (Å²) in [5, 5.41) is 2.56. The molecule has 0 heterocycles. The Morgan fingerprint density at radius 3 is 2.36 bits per heavy atom. The minimum absolute atomic E-state index is 0.116. The van der Waals surface area contributed by atoms with Gasteiger partial charge in [0, 0.05) is 5.92 Å². The highest BCUT2D eigenvalue weighted by atomic mass is 19.1. The molecule has 1 amide bonds. The first kappa shape index (κ1) is 21.6. The molecule has 0 unspecified atom stereocenters. The van der Waals surface area contributed by atoms with E-state index in [2.05, 4.69) is 5.32 Å². The lowest BCUT2D eigenvalue weighted by molar-refractivity contribution is 0.0636. The van der Waals surface area contributed by atoms with Crippen LogP contribution in [0.2, 0.25) is 0 Å². The smallest absolute Gasteiger partial charge is 0.412 e. The lowest BCUT2D eigenvalue weighted by Crippen LogP contribution is -2.28. The Labute approximate surface area is 166 Å². The van der Waals surface area contributed by atoms with E-state index in [4.69, 9.17) is 4.74 Å². The van der Waals surface area contributed by atoms with Crippen LogP contribution in [0.1, 0.15) is 57.5 Å². The zero-order chi connectivity index (χ0) is 21.1. The lowest BCUT2D eigenvalue weighted by Gasteiger charge is -2.21. The molecule has 4 nitrogen and oxygen atoms in total. The summed E-state index contributed by atoms with van der Waals surface area (Å²) in [4.78, 5) is 24.8. The zero-order valence-corrected chi connectivity index (χ0v) is 17.4. The van der Waals surface area contributed by atoms with Crippen molar-refractivity contribution in [3.8, 4) is 11.1 Å². The third-order valence-corrected chi connectivity index (χ3v) is 4.17. The molecule has 0 spiro atoms. The maximum atomic E-state index is 15.0. The van der Waals surface area contributed by atoms with E-state index < -0.39 is 23.4 Å². The Hall–Kier alpha value is -2.69. The number of carbonyl (C=O) groups is 2. The molecule has 0 aliphatic rings. The quantitative estimate of drug-likeness (QED) is 0.620. The van der Waals surface area contributed by atoms with Crippen molar-refractivity contribution < 1.29 is 18.7 Å². The second-order valence-electron chi connectivity index (χ2n) is 8.08. The van der Waals surface area contributed by atoms with Gasteiger partial charge in [0.05, 0.1) is 11.3 Å². The largest absolute Gasteiger partial charge is 0.444 e. The second-order valence-corrected chi connectivity index (χ2v) is 8.08. The number of Topliss-reactive ketones (excluding diaryl/α,β-unsaturated/α-hetero) is 1. The number of rotatable bonds is 5. The molecule has 0 bridgehead atoms. The van der Waals surface area contributed by atoms with E-state index in [1.54, 1.807) is 40.7 Å². The van der Waals surface area contributed by atoms with Gasteiger partial charge in [-0.1, -0.05) is 45.0 Å². The molecule has 28 heavy (non-hydrogen) atoms. The molecule has 150 valence electrons. The first-order chi connectivity index (χ1) is 13.0. The molecule has 2 aromatic rings.